The molecule has 1 N–H and O–H groups in total. The van der Waals surface area contributed by atoms with Crippen molar-refractivity contribution >= 4 is 6.29 Å². The third-order valence-corrected chi connectivity index (χ3v) is 6.32. The maximum atomic E-state index is 12.0. The van der Waals surface area contributed by atoms with E-state index in [0.717, 1.165) is 56.9 Å². The molecule has 0 aliphatic heterocycles. The van der Waals surface area contributed by atoms with E-state index in [1.165, 1.54) is 0 Å². The van der Waals surface area contributed by atoms with Gasteiger partial charge >= 0.3 is 0 Å². The van der Waals surface area contributed by atoms with Gasteiger partial charge < -0.3 is 5.11 Å². The van der Waals surface area contributed by atoms with E-state index < -0.39 is 6.10 Å². The summed E-state index contributed by atoms with van der Waals surface area (Å²) in [4.78, 5) is 12.0. The molecule has 4 aromatic rings. The zero-order chi connectivity index (χ0) is 23.2. The molecule has 0 fully saturated rings. The van der Waals surface area contributed by atoms with Gasteiger partial charge in [0.15, 0.2) is 0 Å². The Bertz CT molecular complexity index is 1330. The summed E-state index contributed by atoms with van der Waals surface area (Å²) in [6, 6.07) is 13.4. The molecule has 0 spiro atoms. The first kappa shape index (κ1) is 21.7. The normalized spacial score (nSPS) is 12.2. The van der Waals surface area contributed by atoms with Crippen LogP contribution in [0.25, 0.3) is 22.3 Å². The minimum Gasteiger partial charge on any atom is -0.384 e. The first-order valence-electron chi connectivity index (χ1n) is 10.6. The van der Waals surface area contributed by atoms with Crippen LogP contribution in [0, 0.1) is 27.7 Å². The molecule has 32 heavy (non-hydrogen) atoms. The second-order valence-electron chi connectivity index (χ2n) is 8.29. The molecule has 0 amide bonds. The number of aldehydes is 1. The number of hydrogen-bond acceptors (Lipinski definition) is 4. The lowest BCUT2D eigenvalue weighted by molar-refractivity contribution is 0.111. The summed E-state index contributed by atoms with van der Waals surface area (Å²) in [7, 11) is 3.82. The molecule has 1 atom stereocenters. The SMILES string of the molecule is Cc1nn(C)c(C)c1-c1cccc(C(O)c2c(C=O)cccc2-c2c(C)nn(C)c2C)c1. The van der Waals surface area contributed by atoms with E-state index in [-0.39, 0.29) is 0 Å². The summed E-state index contributed by atoms with van der Waals surface area (Å²) < 4.78 is 3.69. The number of rotatable bonds is 5. The standard InChI is InChI=1S/C26H28N4O2/c1-15-23(17(3)29(5)27-15)19-9-7-10-20(13-19)26(32)25-21(14-31)11-8-12-22(25)24-16(2)28-30(6)18(24)4/h7-14,26,32H,1-6H3. The quantitative estimate of drug-likeness (QED) is 0.471. The van der Waals surface area contributed by atoms with Crippen LogP contribution in [0.15, 0.2) is 42.5 Å². The number of carbonyl (C=O) groups is 1. The first-order chi connectivity index (χ1) is 15.2. The zero-order valence-corrected chi connectivity index (χ0v) is 19.3. The molecular formula is C26H28N4O2. The van der Waals surface area contributed by atoms with Crippen molar-refractivity contribution < 1.29 is 9.90 Å². The van der Waals surface area contributed by atoms with Crippen LogP contribution in [-0.4, -0.2) is 31.0 Å². The van der Waals surface area contributed by atoms with Crippen LogP contribution in [0.1, 0.15) is 50.4 Å². The first-order valence-corrected chi connectivity index (χ1v) is 10.6. The number of benzene rings is 2. The topological polar surface area (TPSA) is 72.9 Å². The van der Waals surface area contributed by atoms with Gasteiger partial charge in [0.05, 0.1) is 11.4 Å². The van der Waals surface area contributed by atoms with Crippen molar-refractivity contribution in [1.82, 2.24) is 19.6 Å². The van der Waals surface area contributed by atoms with E-state index in [2.05, 4.69) is 10.2 Å². The molecule has 1 unspecified atom stereocenters. The smallest absolute Gasteiger partial charge is 0.150 e. The molecule has 0 aliphatic carbocycles. The molecule has 0 radical (unpaired) electrons. The third-order valence-electron chi connectivity index (χ3n) is 6.32. The highest BCUT2D eigenvalue weighted by Gasteiger charge is 2.24. The molecule has 0 aliphatic rings. The lowest BCUT2D eigenvalue weighted by Crippen LogP contribution is -2.07. The number of hydrogen-bond donors (Lipinski definition) is 1. The lowest BCUT2D eigenvalue weighted by atomic mass is 9.87. The summed E-state index contributed by atoms with van der Waals surface area (Å²) in [5.41, 5.74) is 9.44. The van der Waals surface area contributed by atoms with E-state index in [4.69, 9.17) is 0 Å². The summed E-state index contributed by atoms with van der Waals surface area (Å²) in [6.07, 6.45) is -0.162. The van der Waals surface area contributed by atoms with E-state index in [9.17, 15) is 9.90 Å². The third kappa shape index (κ3) is 3.46. The average molecular weight is 429 g/mol. The van der Waals surface area contributed by atoms with E-state index in [0.29, 0.717) is 11.1 Å². The molecular weight excluding hydrogens is 400 g/mol. The molecule has 0 saturated heterocycles. The fraction of sp³-hybridized carbons (Fsp3) is 0.269. The number of aliphatic hydroxyl groups excluding tert-OH is 1. The Balaban J connectivity index is 1.89. The minimum atomic E-state index is -0.970. The van der Waals surface area contributed by atoms with E-state index in [1.807, 2.05) is 87.6 Å². The number of carbonyl (C=O) groups excluding carboxylic acids is 1. The van der Waals surface area contributed by atoms with Crippen molar-refractivity contribution in [3.05, 3.63) is 81.9 Å². The van der Waals surface area contributed by atoms with Crippen molar-refractivity contribution in [2.24, 2.45) is 14.1 Å². The Morgan fingerprint density at radius 1 is 0.875 bits per heavy atom. The number of nitrogens with zero attached hydrogens (tertiary/aromatic N) is 4. The van der Waals surface area contributed by atoms with Crippen molar-refractivity contribution in [3.63, 3.8) is 0 Å². The van der Waals surface area contributed by atoms with Gasteiger partial charge in [0.1, 0.15) is 12.4 Å². The maximum absolute atomic E-state index is 12.0. The predicted molar refractivity (Wildman–Crippen MR) is 126 cm³/mol. The number of aromatic nitrogens is 4. The van der Waals surface area contributed by atoms with Gasteiger partial charge in [-0.2, -0.15) is 10.2 Å². The minimum absolute atomic E-state index is 0.469. The second-order valence-corrected chi connectivity index (χ2v) is 8.29. The molecule has 6 nitrogen and oxygen atoms in total. The zero-order valence-electron chi connectivity index (χ0n) is 19.3. The maximum Gasteiger partial charge on any atom is 0.150 e. The Hall–Kier alpha value is -3.51. The fourth-order valence-corrected chi connectivity index (χ4v) is 4.59. The number of aliphatic hydroxyl groups is 1. The lowest BCUT2D eigenvalue weighted by Gasteiger charge is -2.19. The van der Waals surface area contributed by atoms with Crippen molar-refractivity contribution in [2.75, 3.05) is 0 Å². The van der Waals surface area contributed by atoms with Crippen LogP contribution < -0.4 is 0 Å². The van der Waals surface area contributed by atoms with Crippen LogP contribution in [0.4, 0.5) is 0 Å². The summed E-state index contributed by atoms with van der Waals surface area (Å²) in [5.74, 6) is 0. The summed E-state index contributed by atoms with van der Waals surface area (Å²) >= 11 is 0. The fourth-order valence-electron chi connectivity index (χ4n) is 4.59. The van der Waals surface area contributed by atoms with Crippen molar-refractivity contribution in [1.29, 1.82) is 0 Å². The number of aryl methyl sites for hydroxylation is 4. The largest absolute Gasteiger partial charge is 0.384 e. The van der Waals surface area contributed by atoms with E-state index >= 15 is 0 Å². The van der Waals surface area contributed by atoms with Gasteiger partial charge in [-0.05, 0) is 50.5 Å². The highest BCUT2D eigenvalue weighted by molar-refractivity contribution is 5.85. The predicted octanol–water partition coefficient (Wildman–Crippen LogP) is 4.62. The average Bonchev–Trinajstić information content (AvgIpc) is 3.18. The van der Waals surface area contributed by atoms with Crippen LogP contribution in [0.3, 0.4) is 0 Å². The van der Waals surface area contributed by atoms with Gasteiger partial charge in [-0.15, -0.1) is 0 Å². The van der Waals surface area contributed by atoms with Gasteiger partial charge in [-0.3, -0.25) is 14.2 Å². The van der Waals surface area contributed by atoms with Gasteiger partial charge in [0.2, 0.25) is 0 Å². The van der Waals surface area contributed by atoms with E-state index in [1.54, 1.807) is 6.07 Å². The van der Waals surface area contributed by atoms with Gasteiger partial charge in [-0.1, -0.05) is 36.4 Å². The van der Waals surface area contributed by atoms with Crippen LogP contribution in [0.2, 0.25) is 0 Å². The van der Waals surface area contributed by atoms with Crippen LogP contribution in [-0.2, 0) is 14.1 Å². The molecule has 6 heteroatoms. The molecule has 2 heterocycles. The summed E-state index contributed by atoms with van der Waals surface area (Å²) in [5, 5.41) is 20.6. The Morgan fingerprint density at radius 3 is 2.03 bits per heavy atom. The molecule has 4 rings (SSSR count). The monoisotopic (exact) mass is 428 g/mol. The molecule has 0 bridgehead atoms. The van der Waals surface area contributed by atoms with Crippen molar-refractivity contribution in [3.8, 4) is 22.3 Å². The highest BCUT2D eigenvalue weighted by Crippen LogP contribution is 2.38. The van der Waals surface area contributed by atoms with Gasteiger partial charge in [-0.25, -0.2) is 0 Å². The molecule has 164 valence electrons. The van der Waals surface area contributed by atoms with Crippen molar-refractivity contribution in [2.45, 2.75) is 33.8 Å². The van der Waals surface area contributed by atoms with Gasteiger partial charge in [0.25, 0.3) is 0 Å². The molecule has 0 saturated carbocycles. The van der Waals surface area contributed by atoms with Crippen LogP contribution >= 0.6 is 0 Å². The van der Waals surface area contributed by atoms with Gasteiger partial charge in [0, 0.05) is 47.7 Å². The Kier molecular flexibility index (Phi) is 5.57. The Labute approximate surface area is 188 Å². The highest BCUT2D eigenvalue weighted by atomic mass is 16.3. The molecule has 2 aromatic heterocycles. The Morgan fingerprint density at radius 2 is 1.47 bits per heavy atom. The summed E-state index contributed by atoms with van der Waals surface area (Å²) in [6.45, 7) is 7.96. The van der Waals surface area contributed by atoms with Crippen LogP contribution in [0.5, 0.6) is 0 Å². The second kappa shape index (κ2) is 8.20. The molecule has 2 aromatic carbocycles.